The summed E-state index contributed by atoms with van der Waals surface area (Å²) in [7, 11) is 0. The van der Waals surface area contributed by atoms with E-state index in [1.165, 1.54) is 0 Å². The van der Waals surface area contributed by atoms with Gasteiger partial charge in [0.2, 0.25) is 5.88 Å². The molecule has 1 fully saturated rings. The molecule has 0 radical (unpaired) electrons. The second-order valence-corrected chi connectivity index (χ2v) is 6.50. The third kappa shape index (κ3) is 4.12. The molecule has 26 heavy (non-hydrogen) atoms. The quantitative estimate of drug-likeness (QED) is 0.547. The average Bonchev–Trinajstić information content (AvgIpc) is 2.67. The Bertz CT molecular complexity index is 800. The Labute approximate surface area is 153 Å². The average molecular weight is 349 g/mol. The minimum atomic E-state index is -0.104. The molecule has 6 nitrogen and oxygen atoms in total. The number of rotatable bonds is 6. The summed E-state index contributed by atoms with van der Waals surface area (Å²) in [6.07, 6.45) is 5.63. The van der Waals surface area contributed by atoms with Crippen molar-refractivity contribution in [3.63, 3.8) is 0 Å². The molecule has 2 aromatic rings. The number of hydrogen-bond donors (Lipinski definition) is 3. The number of nitriles is 1. The number of nitrogens with two attached hydrogens (primary N) is 1. The number of pyridine rings is 1. The van der Waals surface area contributed by atoms with Crippen LogP contribution in [0.25, 0.3) is 0 Å². The molecule has 1 aromatic carbocycles. The first-order valence-corrected chi connectivity index (χ1v) is 8.85. The van der Waals surface area contributed by atoms with Gasteiger partial charge in [-0.05, 0) is 24.5 Å². The zero-order valence-corrected chi connectivity index (χ0v) is 14.6. The summed E-state index contributed by atoms with van der Waals surface area (Å²) in [5.41, 5.74) is 7.97. The molecule has 3 rings (SSSR count). The molecule has 6 heteroatoms. The molecule has 0 spiro atoms. The highest BCUT2D eigenvalue weighted by molar-refractivity contribution is 6.02. The van der Waals surface area contributed by atoms with Crippen molar-refractivity contribution in [2.24, 2.45) is 11.7 Å². The summed E-state index contributed by atoms with van der Waals surface area (Å²) < 4.78 is 5.83. The van der Waals surface area contributed by atoms with E-state index in [9.17, 15) is 5.26 Å². The van der Waals surface area contributed by atoms with Crippen LogP contribution in [0.15, 0.2) is 42.6 Å². The molecule has 1 aliphatic rings. The van der Waals surface area contributed by atoms with Crippen molar-refractivity contribution in [1.29, 1.82) is 10.7 Å². The largest absolute Gasteiger partial charge is 0.472 e. The highest BCUT2D eigenvalue weighted by Gasteiger charge is 2.26. The zero-order valence-electron chi connectivity index (χ0n) is 14.6. The maximum Gasteiger partial charge on any atom is 0.226 e. The molecule has 134 valence electrons. The third-order valence-corrected chi connectivity index (χ3v) is 4.68. The van der Waals surface area contributed by atoms with Gasteiger partial charge < -0.3 is 15.8 Å². The van der Waals surface area contributed by atoms with Crippen LogP contribution in [0.1, 0.15) is 36.8 Å². The minimum Gasteiger partial charge on any atom is -0.472 e. The second-order valence-electron chi connectivity index (χ2n) is 6.50. The number of anilines is 1. The van der Waals surface area contributed by atoms with Gasteiger partial charge in [-0.3, -0.25) is 5.41 Å². The molecule has 0 bridgehead atoms. The van der Waals surface area contributed by atoms with Crippen LogP contribution >= 0.6 is 0 Å². The van der Waals surface area contributed by atoms with E-state index in [2.05, 4.69) is 16.4 Å². The summed E-state index contributed by atoms with van der Waals surface area (Å²) in [5.74, 6) is 0.189. The predicted molar refractivity (Wildman–Crippen MR) is 101 cm³/mol. The molecule has 1 aliphatic carbocycles. The lowest BCUT2D eigenvalue weighted by molar-refractivity contribution is 0.293. The van der Waals surface area contributed by atoms with Crippen LogP contribution in [0.2, 0.25) is 0 Å². The van der Waals surface area contributed by atoms with Gasteiger partial charge in [0.05, 0.1) is 17.7 Å². The fourth-order valence-electron chi connectivity index (χ4n) is 3.32. The topological polar surface area (TPSA) is 108 Å². The Morgan fingerprint density at radius 3 is 2.77 bits per heavy atom. The molecule has 1 aromatic heterocycles. The standard InChI is InChI=1S/C20H23N5O/c21-12-15-8-4-5-9-16(15)25-17-10-11-24-20(18(17)19(22)23)26-13-14-6-2-1-3-7-14/h1-3,6-7,10-11,15-16H,4-5,8-9,13H2,(H3,22,23)(H,24,25). The molecule has 2 unspecified atom stereocenters. The molecular formula is C20H23N5O. The van der Waals surface area contributed by atoms with Gasteiger partial charge in [0.25, 0.3) is 0 Å². The van der Waals surface area contributed by atoms with E-state index in [1.54, 1.807) is 12.3 Å². The molecule has 0 saturated heterocycles. The normalized spacial score (nSPS) is 19.3. The number of aromatic nitrogens is 1. The number of amidine groups is 1. The van der Waals surface area contributed by atoms with Crippen LogP contribution in [-0.4, -0.2) is 16.9 Å². The van der Waals surface area contributed by atoms with Gasteiger partial charge in [-0.25, -0.2) is 4.98 Å². The van der Waals surface area contributed by atoms with Crippen LogP contribution in [0, 0.1) is 22.7 Å². The van der Waals surface area contributed by atoms with Crippen LogP contribution in [0.5, 0.6) is 5.88 Å². The van der Waals surface area contributed by atoms with Gasteiger partial charge in [0.15, 0.2) is 0 Å². The first kappa shape index (κ1) is 17.7. The van der Waals surface area contributed by atoms with E-state index in [4.69, 9.17) is 15.9 Å². The predicted octanol–water partition coefficient (Wildman–Crippen LogP) is 3.44. The van der Waals surface area contributed by atoms with E-state index < -0.39 is 0 Å². The molecule has 4 N–H and O–H groups in total. The monoisotopic (exact) mass is 349 g/mol. The van der Waals surface area contributed by atoms with Crippen molar-refractivity contribution in [2.45, 2.75) is 38.3 Å². The number of nitrogens with zero attached hydrogens (tertiary/aromatic N) is 2. The number of benzene rings is 1. The van der Waals surface area contributed by atoms with Crippen LogP contribution < -0.4 is 15.8 Å². The lowest BCUT2D eigenvalue weighted by atomic mass is 9.85. The zero-order chi connectivity index (χ0) is 18.4. The van der Waals surface area contributed by atoms with Crippen molar-refractivity contribution in [3.05, 3.63) is 53.7 Å². The smallest absolute Gasteiger partial charge is 0.226 e. The number of hydrogen-bond acceptors (Lipinski definition) is 5. The summed E-state index contributed by atoms with van der Waals surface area (Å²) in [6, 6.07) is 14.0. The van der Waals surface area contributed by atoms with Crippen molar-refractivity contribution >= 4 is 11.5 Å². The van der Waals surface area contributed by atoms with Gasteiger partial charge in [0, 0.05) is 12.2 Å². The summed E-state index contributed by atoms with van der Waals surface area (Å²) in [6.45, 7) is 0.349. The summed E-state index contributed by atoms with van der Waals surface area (Å²) >= 11 is 0. The molecule has 0 aliphatic heterocycles. The molecule has 0 amide bonds. The van der Waals surface area contributed by atoms with Crippen molar-refractivity contribution < 1.29 is 4.74 Å². The molecule has 1 heterocycles. The van der Waals surface area contributed by atoms with E-state index in [0.717, 1.165) is 31.2 Å². The van der Waals surface area contributed by atoms with Gasteiger partial charge >= 0.3 is 0 Å². The third-order valence-electron chi connectivity index (χ3n) is 4.68. The van der Waals surface area contributed by atoms with E-state index in [0.29, 0.717) is 23.7 Å². The van der Waals surface area contributed by atoms with Crippen LogP contribution in [0.4, 0.5) is 5.69 Å². The summed E-state index contributed by atoms with van der Waals surface area (Å²) in [4.78, 5) is 4.26. The lowest BCUT2D eigenvalue weighted by Gasteiger charge is -2.29. The number of nitrogens with one attached hydrogen (secondary N) is 2. The SMILES string of the molecule is N#CC1CCCCC1Nc1ccnc(OCc2ccccc2)c1C(=N)N. The fourth-order valence-corrected chi connectivity index (χ4v) is 3.32. The lowest BCUT2D eigenvalue weighted by Crippen LogP contribution is -2.32. The Hall–Kier alpha value is -3.07. The maximum absolute atomic E-state index is 9.39. The molecule has 2 atom stereocenters. The Morgan fingerprint density at radius 1 is 1.27 bits per heavy atom. The van der Waals surface area contributed by atoms with Crippen molar-refractivity contribution in [1.82, 2.24) is 4.98 Å². The highest BCUT2D eigenvalue weighted by Crippen LogP contribution is 2.30. The Morgan fingerprint density at radius 2 is 2.04 bits per heavy atom. The molecular weight excluding hydrogens is 326 g/mol. The van der Waals surface area contributed by atoms with E-state index >= 15 is 0 Å². The van der Waals surface area contributed by atoms with Crippen LogP contribution in [-0.2, 0) is 6.61 Å². The van der Waals surface area contributed by atoms with Crippen molar-refractivity contribution in [2.75, 3.05) is 5.32 Å². The first-order chi connectivity index (χ1) is 12.7. The van der Waals surface area contributed by atoms with E-state index in [1.807, 2.05) is 30.3 Å². The van der Waals surface area contributed by atoms with Crippen LogP contribution in [0.3, 0.4) is 0 Å². The summed E-state index contributed by atoms with van der Waals surface area (Å²) in [5, 5.41) is 20.8. The first-order valence-electron chi connectivity index (χ1n) is 8.85. The highest BCUT2D eigenvalue weighted by atomic mass is 16.5. The maximum atomic E-state index is 9.39. The van der Waals surface area contributed by atoms with E-state index in [-0.39, 0.29) is 17.8 Å². The van der Waals surface area contributed by atoms with Crippen molar-refractivity contribution in [3.8, 4) is 11.9 Å². The number of ether oxygens (including phenoxy) is 1. The fraction of sp³-hybridized carbons (Fsp3) is 0.350. The second kappa shape index (κ2) is 8.34. The Balaban J connectivity index is 1.81. The number of nitrogen functional groups attached to an aromatic ring is 1. The van der Waals surface area contributed by atoms with Gasteiger partial charge in [-0.1, -0.05) is 43.2 Å². The Kier molecular flexibility index (Phi) is 5.69. The van der Waals surface area contributed by atoms with Gasteiger partial charge in [-0.2, -0.15) is 5.26 Å². The minimum absolute atomic E-state index is 0.0367. The van der Waals surface area contributed by atoms with Gasteiger partial charge in [0.1, 0.15) is 18.0 Å². The van der Waals surface area contributed by atoms with Gasteiger partial charge in [-0.15, -0.1) is 0 Å². The molecule has 1 saturated carbocycles.